The fourth-order valence-electron chi connectivity index (χ4n) is 2.93. The van der Waals surface area contributed by atoms with Gasteiger partial charge in [0.1, 0.15) is 17.9 Å². The Kier molecular flexibility index (Phi) is 4.04. The molecule has 1 aliphatic rings. The first-order chi connectivity index (χ1) is 11.8. The molecule has 0 spiro atoms. The fourth-order valence-corrected chi connectivity index (χ4v) is 2.93. The van der Waals surface area contributed by atoms with Crippen molar-refractivity contribution in [2.75, 3.05) is 31.1 Å². The minimum Gasteiger partial charge on any atom is -0.490 e. The van der Waals surface area contributed by atoms with Gasteiger partial charge in [-0.3, -0.25) is 4.98 Å². The molecule has 6 nitrogen and oxygen atoms in total. The van der Waals surface area contributed by atoms with Crippen LogP contribution >= 0.6 is 0 Å². The Hall–Kier alpha value is -2.60. The molecule has 0 amide bonds. The minimum atomic E-state index is 0.160. The Bertz CT molecular complexity index is 818. The van der Waals surface area contributed by atoms with Gasteiger partial charge >= 0.3 is 0 Å². The van der Waals surface area contributed by atoms with Gasteiger partial charge < -0.3 is 19.4 Å². The molecule has 1 aliphatic heterocycles. The van der Waals surface area contributed by atoms with Crippen LogP contribution in [-0.2, 0) is 0 Å². The van der Waals surface area contributed by atoms with Gasteiger partial charge in [-0.05, 0) is 36.8 Å². The SMILES string of the molecule is Cc1ccc2oc(N3CCNC[C@@H]3COc3cccnc3)nc2c1. The zero-order valence-corrected chi connectivity index (χ0v) is 13.6. The molecule has 0 aliphatic carbocycles. The Labute approximate surface area is 140 Å². The zero-order valence-electron chi connectivity index (χ0n) is 13.6. The van der Waals surface area contributed by atoms with Crippen LogP contribution in [0.5, 0.6) is 5.75 Å². The highest BCUT2D eigenvalue weighted by molar-refractivity contribution is 5.75. The number of aromatic nitrogens is 2. The van der Waals surface area contributed by atoms with E-state index in [0.717, 1.165) is 36.5 Å². The van der Waals surface area contributed by atoms with E-state index in [0.29, 0.717) is 12.6 Å². The van der Waals surface area contributed by atoms with E-state index < -0.39 is 0 Å². The second-order valence-electron chi connectivity index (χ2n) is 6.02. The van der Waals surface area contributed by atoms with Gasteiger partial charge in [0.25, 0.3) is 6.01 Å². The molecule has 6 heteroatoms. The quantitative estimate of drug-likeness (QED) is 0.795. The molecule has 3 heterocycles. The van der Waals surface area contributed by atoms with Crippen molar-refractivity contribution in [1.29, 1.82) is 0 Å². The van der Waals surface area contributed by atoms with Crippen molar-refractivity contribution in [2.24, 2.45) is 0 Å². The lowest BCUT2D eigenvalue weighted by atomic mass is 10.2. The van der Waals surface area contributed by atoms with Gasteiger partial charge in [0.2, 0.25) is 0 Å². The third-order valence-corrected chi connectivity index (χ3v) is 4.20. The van der Waals surface area contributed by atoms with E-state index in [2.05, 4.69) is 27.1 Å². The molecular weight excluding hydrogens is 304 g/mol. The molecule has 3 aromatic rings. The van der Waals surface area contributed by atoms with E-state index in [1.165, 1.54) is 5.56 Å². The van der Waals surface area contributed by atoms with Crippen molar-refractivity contribution in [3.8, 4) is 5.75 Å². The number of fused-ring (bicyclic) bond motifs is 1. The summed E-state index contributed by atoms with van der Waals surface area (Å²) >= 11 is 0. The number of pyridine rings is 1. The predicted molar refractivity (Wildman–Crippen MR) is 92.5 cm³/mol. The molecule has 124 valence electrons. The third-order valence-electron chi connectivity index (χ3n) is 4.20. The van der Waals surface area contributed by atoms with Gasteiger partial charge in [-0.25, -0.2) is 0 Å². The Balaban J connectivity index is 1.54. The number of nitrogens with zero attached hydrogens (tertiary/aromatic N) is 3. The van der Waals surface area contributed by atoms with E-state index in [4.69, 9.17) is 9.15 Å². The van der Waals surface area contributed by atoms with Crippen LogP contribution in [0.4, 0.5) is 6.01 Å². The lowest BCUT2D eigenvalue weighted by Gasteiger charge is -2.34. The number of hydrogen-bond donors (Lipinski definition) is 1. The molecule has 24 heavy (non-hydrogen) atoms. The number of ether oxygens (including phenoxy) is 1. The summed E-state index contributed by atoms with van der Waals surface area (Å²) in [5, 5.41) is 3.41. The van der Waals surface area contributed by atoms with Crippen molar-refractivity contribution in [1.82, 2.24) is 15.3 Å². The predicted octanol–water partition coefficient (Wildman–Crippen LogP) is 2.39. The van der Waals surface area contributed by atoms with Crippen LogP contribution in [0.3, 0.4) is 0 Å². The molecule has 1 saturated heterocycles. The van der Waals surface area contributed by atoms with Crippen LogP contribution in [0.15, 0.2) is 47.1 Å². The molecule has 0 radical (unpaired) electrons. The summed E-state index contributed by atoms with van der Waals surface area (Å²) in [6.07, 6.45) is 3.46. The normalized spacial score (nSPS) is 18.0. The maximum absolute atomic E-state index is 5.96. The lowest BCUT2D eigenvalue weighted by molar-refractivity contribution is 0.261. The molecule has 2 aromatic heterocycles. The molecule has 1 atom stereocenters. The smallest absolute Gasteiger partial charge is 0.298 e. The summed E-state index contributed by atoms with van der Waals surface area (Å²) in [6.45, 7) is 5.19. The Morgan fingerprint density at radius 3 is 3.21 bits per heavy atom. The van der Waals surface area contributed by atoms with E-state index in [-0.39, 0.29) is 6.04 Å². The number of hydrogen-bond acceptors (Lipinski definition) is 6. The largest absolute Gasteiger partial charge is 0.490 e. The molecule has 4 rings (SSSR count). The Morgan fingerprint density at radius 2 is 2.33 bits per heavy atom. The molecular formula is C18H20N4O2. The summed E-state index contributed by atoms with van der Waals surface area (Å²) in [7, 11) is 0. The number of piperazine rings is 1. The second-order valence-corrected chi connectivity index (χ2v) is 6.02. The number of aryl methyl sites for hydroxylation is 1. The van der Waals surface area contributed by atoms with Crippen LogP contribution in [0.1, 0.15) is 5.56 Å². The first-order valence-corrected chi connectivity index (χ1v) is 8.17. The van der Waals surface area contributed by atoms with Gasteiger partial charge in [-0.2, -0.15) is 4.98 Å². The summed E-state index contributed by atoms with van der Waals surface area (Å²) in [5.74, 6) is 0.774. The minimum absolute atomic E-state index is 0.160. The van der Waals surface area contributed by atoms with Crippen LogP contribution in [0.25, 0.3) is 11.1 Å². The maximum atomic E-state index is 5.96. The summed E-state index contributed by atoms with van der Waals surface area (Å²) in [5.41, 5.74) is 2.90. The van der Waals surface area contributed by atoms with Crippen molar-refractivity contribution >= 4 is 17.1 Å². The number of anilines is 1. The fraction of sp³-hybridized carbons (Fsp3) is 0.333. The van der Waals surface area contributed by atoms with Crippen molar-refractivity contribution < 1.29 is 9.15 Å². The van der Waals surface area contributed by atoms with Gasteiger partial charge in [0.15, 0.2) is 5.58 Å². The van der Waals surface area contributed by atoms with Crippen LogP contribution in [-0.4, -0.2) is 42.3 Å². The van der Waals surface area contributed by atoms with E-state index in [1.54, 1.807) is 12.4 Å². The maximum Gasteiger partial charge on any atom is 0.298 e. The standard InChI is InChI=1S/C18H20N4O2/c1-13-4-5-17-16(9-13)21-18(24-17)22-8-7-20-10-14(22)12-23-15-3-2-6-19-11-15/h2-6,9,11,14,20H,7-8,10,12H2,1H3/t14-/m1/s1. The number of benzene rings is 1. The number of oxazole rings is 1. The lowest BCUT2D eigenvalue weighted by Crippen LogP contribution is -2.54. The first-order valence-electron chi connectivity index (χ1n) is 8.17. The van der Waals surface area contributed by atoms with Crippen molar-refractivity contribution in [3.63, 3.8) is 0 Å². The molecule has 0 unspecified atom stereocenters. The number of nitrogens with one attached hydrogen (secondary N) is 1. The first kappa shape index (κ1) is 15.0. The van der Waals surface area contributed by atoms with Crippen molar-refractivity contribution in [3.05, 3.63) is 48.3 Å². The van der Waals surface area contributed by atoms with Gasteiger partial charge in [0.05, 0.1) is 12.2 Å². The summed E-state index contributed by atoms with van der Waals surface area (Å²) in [6, 6.07) is 10.7. The van der Waals surface area contributed by atoms with Gasteiger partial charge in [-0.1, -0.05) is 6.07 Å². The zero-order chi connectivity index (χ0) is 16.4. The van der Waals surface area contributed by atoms with Gasteiger partial charge in [-0.15, -0.1) is 0 Å². The highest BCUT2D eigenvalue weighted by atomic mass is 16.5. The average Bonchev–Trinajstić information content (AvgIpc) is 3.04. The molecule has 1 N–H and O–H groups in total. The molecule has 0 saturated carbocycles. The topological polar surface area (TPSA) is 63.4 Å². The van der Waals surface area contributed by atoms with Gasteiger partial charge in [0, 0.05) is 25.8 Å². The molecule has 1 aromatic carbocycles. The molecule has 1 fully saturated rings. The van der Waals surface area contributed by atoms with Crippen LogP contribution < -0.4 is 15.0 Å². The summed E-state index contributed by atoms with van der Waals surface area (Å²) < 4.78 is 11.8. The highest BCUT2D eigenvalue weighted by Crippen LogP contribution is 2.25. The van der Waals surface area contributed by atoms with Crippen molar-refractivity contribution in [2.45, 2.75) is 13.0 Å². The third kappa shape index (κ3) is 3.05. The summed E-state index contributed by atoms with van der Waals surface area (Å²) in [4.78, 5) is 10.9. The van der Waals surface area contributed by atoms with E-state index >= 15 is 0 Å². The number of rotatable bonds is 4. The molecule has 0 bridgehead atoms. The monoisotopic (exact) mass is 324 g/mol. The average molecular weight is 324 g/mol. The second kappa shape index (κ2) is 6.49. The highest BCUT2D eigenvalue weighted by Gasteiger charge is 2.27. The van der Waals surface area contributed by atoms with E-state index in [9.17, 15) is 0 Å². The van der Waals surface area contributed by atoms with Crippen LogP contribution in [0, 0.1) is 6.92 Å². The van der Waals surface area contributed by atoms with Crippen LogP contribution in [0.2, 0.25) is 0 Å². The Morgan fingerprint density at radius 1 is 1.38 bits per heavy atom. The van der Waals surface area contributed by atoms with E-state index in [1.807, 2.05) is 30.3 Å².